The quantitative estimate of drug-likeness (QED) is 0.838. The third-order valence-corrected chi connectivity index (χ3v) is 4.81. The molecule has 0 radical (unpaired) electrons. The Balaban J connectivity index is 1.93. The SMILES string of the molecule is CC(NCC(C)C1CC1)c1ccc(S(N)(=O)=O)cc1. The molecule has 1 aliphatic carbocycles. The van der Waals surface area contributed by atoms with Gasteiger partial charge in [-0.1, -0.05) is 19.1 Å². The molecule has 4 nitrogen and oxygen atoms in total. The normalized spacial score (nSPS) is 19.1. The molecule has 0 saturated heterocycles. The summed E-state index contributed by atoms with van der Waals surface area (Å²) in [5.74, 6) is 1.61. The van der Waals surface area contributed by atoms with E-state index in [9.17, 15) is 8.42 Å². The van der Waals surface area contributed by atoms with Crippen LogP contribution in [0.4, 0.5) is 0 Å². The van der Waals surface area contributed by atoms with Crippen LogP contribution in [0.15, 0.2) is 29.2 Å². The summed E-state index contributed by atoms with van der Waals surface area (Å²) in [4.78, 5) is 0.162. The van der Waals surface area contributed by atoms with Crippen LogP contribution in [0.2, 0.25) is 0 Å². The van der Waals surface area contributed by atoms with E-state index in [1.54, 1.807) is 12.1 Å². The van der Waals surface area contributed by atoms with Crippen molar-refractivity contribution in [2.24, 2.45) is 17.0 Å². The highest BCUT2D eigenvalue weighted by Gasteiger charge is 2.27. The molecule has 1 aromatic rings. The van der Waals surface area contributed by atoms with Crippen LogP contribution in [0, 0.1) is 11.8 Å². The van der Waals surface area contributed by atoms with Crippen molar-refractivity contribution < 1.29 is 8.42 Å². The van der Waals surface area contributed by atoms with Crippen LogP contribution in [0.1, 0.15) is 38.3 Å². The van der Waals surface area contributed by atoms with Crippen LogP contribution >= 0.6 is 0 Å². The highest BCUT2D eigenvalue weighted by Crippen LogP contribution is 2.36. The molecule has 106 valence electrons. The Morgan fingerprint density at radius 2 is 1.84 bits per heavy atom. The summed E-state index contributed by atoms with van der Waals surface area (Å²) in [6.45, 7) is 5.37. The Morgan fingerprint density at radius 1 is 1.26 bits per heavy atom. The molecule has 2 unspecified atom stereocenters. The van der Waals surface area contributed by atoms with Crippen molar-refractivity contribution >= 4 is 10.0 Å². The molecule has 1 aromatic carbocycles. The number of sulfonamides is 1. The van der Waals surface area contributed by atoms with E-state index in [-0.39, 0.29) is 10.9 Å². The van der Waals surface area contributed by atoms with Gasteiger partial charge in [-0.2, -0.15) is 0 Å². The summed E-state index contributed by atoms with van der Waals surface area (Å²) in [7, 11) is -3.59. The number of primary sulfonamides is 1. The maximum absolute atomic E-state index is 11.2. The van der Waals surface area contributed by atoms with E-state index in [0.29, 0.717) is 5.92 Å². The number of nitrogens with two attached hydrogens (primary N) is 1. The molecule has 0 spiro atoms. The van der Waals surface area contributed by atoms with E-state index in [4.69, 9.17) is 5.14 Å². The lowest BCUT2D eigenvalue weighted by Crippen LogP contribution is -2.25. The molecule has 0 aromatic heterocycles. The average molecular weight is 282 g/mol. The minimum atomic E-state index is -3.59. The predicted octanol–water partition coefficient (Wildman–Crippen LogP) is 2.03. The fraction of sp³-hybridized carbons (Fsp3) is 0.571. The summed E-state index contributed by atoms with van der Waals surface area (Å²) >= 11 is 0. The van der Waals surface area contributed by atoms with Gasteiger partial charge in [0.15, 0.2) is 0 Å². The summed E-state index contributed by atoms with van der Waals surface area (Å²) in [6, 6.07) is 6.98. The van der Waals surface area contributed by atoms with Gasteiger partial charge in [-0.25, -0.2) is 13.6 Å². The Morgan fingerprint density at radius 3 is 2.32 bits per heavy atom. The molecule has 0 amide bonds. The van der Waals surface area contributed by atoms with Crippen molar-refractivity contribution in [3.8, 4) is 0 Å². The molecule has 19 heavy (non-hydrogen) atoms. The molecule has 1 fully saturated rings. The smallest absolute Gasteiger partial charge is 0.238 e. The standard InChI is InChI=1S/C14H22N2O2S/c1-10(12-3-4-12)9-16-11(2)13-5-7-14(8-6-13)19(15,17)18/h5-8,10-12,16H,3-4,9H2,1-2H3,(H2,15,17,18). The van der Waals surface area contributed by atoms with Crippen molar-refractivity contribution in [3.05, 3.63) is 29.8 Å². The van der Waals surface area contributed by atoms with Gasteiger partial charge >= 0.3 is 0 Å². The molecule has 3 N–H and O–H groups in total. The second-order valence-electron chi connectivity index (χ2n) is 5.56. The topological polar surface area (TPSA) is 72.2 Å². The minimum Gasteiger partial charge on any atom is -0.310 e. The van der Waals surface area contributed by atoms with Crippen LogP contribution < -0.4 is 10.5 Å². The van der Waals surface area contributed by atoms with Gasteiger partial charge in [-0.05, 0) is 55.8 Å². The fourth-order valence-electron chi connectivity index (χ4n) is 2.26. The van der Waals surface area contributed by atoms with Crippen LogP contribution in [0.5, 0.6) is 0 Å². The van der Waals surface area contributed by atoms with Gasteiger partial charge in [0.05, 0.1) is 4.90 Å². The molecule has 2 atom stereocenters. The van der Waals surface area contributed by atoms with Gasteiger partial charge in [-0.3, -0.25) is 0 Å². The van der Waals surface area contributed by atoms with E-state index in [1.807, 2.05) is 12.1 Å². The van der Waals surface area contributed by atoms with E-state index >= 15 is 0 Å². The van der Waals surface area contributed by atoms with Crippen molar-refractivity contribution in [1.82, 2.24) is 5.32 Å². The van der Waals surface area contributed by atoms with Crippen molar-refractivity contribution in [3.63, 3.8) is 0 Å². The molecular weight excluding hydrogens is 260 g/mol. The van der Waals surface area contributed by atoms with E-state index in [1.165, 1.54) is 12.8 Å². The fourth-order valence-corrected chi connectivity index (χ4v) is 2.77. The van der Waals surface area contributed by atoms with E-state index in [2.05, 4.69) is 19.2 Å². The maximum atomic E-state index is 11.2. The number of nitrogens with one attached hydrogen (secondary N) is 1. The second kappa shape index (κ2) is 5.61. The summed E-state index contributed by atoms with van der Waals surface area (Å²) < 4.78 is 22.3. The second-order valence-corrected chi connectivity index (χ2v) is 7.12. The first kappa shape index (κ1) is 14.5. The van der Waals surface area contributed by atoms with Gasteiger partial charge in [0, 0.05) is 6.04 Å². The van der Waals surface area contributed by atoms with E-state index < -0.39 is 10.0 Å². The van der Waals surface area contributed by atoms with Crippen molar-refractivity contribution in [2.45, 2.75) is 37.6 Å². The van der Waals surface area contributed by atoms with Crippen molar-refractivity contribution in [2.75, 3.05) is 6.54 Å². The van der Waals surface area contributed by atoms with Gasteiger partial charge in [0.1, 0.15) is 0 Å². The Hall–Kier alpha value is -0.910. The molecular formula is C14H22N2O2S. The molecule has 1 saturated carbocycles. The molecule has 1 aliphatic rings. The summed E-state index contributed by atoms with van der Waals surface area (Å²) in [6.07, 6.45) is 2.72. The highest BCUT2D eigenvalue weighted by atomic mass is 32.2. The Kier molecular flexibility index (Phi) is 4.28. The van der Waals surface area contributed by atoms with Crippen molar-refractivity contribution in [1.29, 1.82) is 0 Å². The van der Waals surface area contributed by atoms with Gasteiger partial charge in [0.25, 0.3) is 0 Å². The van der Waals surface area contributed by atoms with Crippen LogP contribution in [-0.2, 0) is 10.0 Å². The lowest BCUT2D eigenvalue weighted by molar-refractivity contribution is 0.432. The first-order valence-corrected chi connectivity index (χ1v) is 8.28. The minimum absolute atomic E-state index is 0.162. The molecule has 0 heterocycles. The maximum Gasteiger partial charge on any atom is 0.238 e. The third-order valence-electron chi connectivity index (χ3n) is 3.88. The number of hydrogen-bond acceptors (Lipinski definition) is 3. The Labute approximate surface area is 115 Å². The molecule has 2 rings (SSSR count). The number of hydrogen-bond donors (Lipinski definition) is 2. The van der Waals surface area contributed by atoms with Crippen LogP contribution in [-0.4, -0.2) is 15.0 Å². The molecule has 5 heteroatoms. The lowest BCUT2D eigenvalue weighted by atomic mass is 10.0. The van der Waals surface area contributed by atoms with Gasteiger partial charge in [-0.15, -0.1) is 0 Å². The van der Waals surface area contributed by atoms with Gasteiger partial charge < -0.3 is 5.32 Å². The van der Waals surface area contributed by atoms with E-state index in [0.717, 1.165) is 18.0 Å². The first-order chi connectivity index (χ1) is 8.88. The lowest BCUT2D eigenvalue weighted by Gasteiger charge is -2.18. The Bertz CT molecular complexity index is 521. The largest absolute Gasteiger partial charge is 0.310 e. The first-order valence-electron chi connectivity index (χ1n) is 6.74. The van der Waals surface area contributed by atoms with Crippen LogP contribution in [0.3, 0.4) is 0 Å². The third kappa shape index (κ3) is 4.03. The summed E-state index contributed by atoms with van der Waals surface area (Å²) in [5, 5.41) is 8.58. The zero-order valence-corrected chi connectivity index (χ0v) is 12.3. The predicted molar refractivity (Wildman–Crippen MR) is 76.1 cm³/mol. The number of rotatable bonds is 6. The summed E-state index contributed by atoms with van der Waals surface area (Å²) in [5.41, 5.74) is 1.08. The number of benzene rings is 1. The zero-order chi connectivity index (χ0) is 14.0. The van der Waals surface area contributed by atoms with Gasteiger partial charge in [0.2, 0.25) is 10.0 Å². The van der Waals surface area contributed by atoms with Crippen LogP contribution in [0.25, 0.3) is 0 Å². The zero-order valence-electron chi connectivity index (χ0n) is 11.5. The molecule has 0 aliphatic heterocycles. The highest BCUT2D eigenvalue weighted by molar-refractivity contribution is 7.89. The monoisotopic (exact) mass is 282 g/mol. The molecule has 0 bridgehead atoms. The average Bonchev–Trinajstić information content (AvgIpc) is 3.19.